The van der Waals surface area contributed by atoms with Crippen molar-refractivity contribution in [2.45, 2.75) is 34.9 Å². The number of carbonyl (C=O) groups is 1. The predicted octanol–water partition coefficient (Wildman–Crippen LogP) is 4.84. The Balaban J connectivity index is 0.000000541. The second-order valence-corrected chi connectivity index (χ2v) is 13.9. The molecule has 310 valence electrons. The molecule has 5 N–H and O–H groups in total. The van der Waals surface area contributed by atoms with Crippen LogP contribution in [0.4, 0.5) is 11.6 Å². The molecule has 4 aromatic carbocycles. The van der Waals surface area contributed by atoms with Crippen LogP contribution in [-0.4, -0.2) is 30.7 Å². The molecular weight excluding hydrogens is 1060 g/mol. The Hall–Kier alpha value is -2.75. The van der Waals surface area contributed by atoms with Crippen LogP contribution in [0.5, 0.6) is 5.75 Å². The maximum absolute atomic E-state index is 9.61. The summed E-state index contributed by atoms with van der Waals surface area (Å²) >= 11 is 12.9. The molecule has 0 saturated carbocycles. The van der Waals surface area contributed by atoms with Gasteiger partial charge in [0.2, 0.25) is 0 Å². The van der Waals surface area contributed by atoms with E-state index < -0.39 is 0 Å². The van der Waals surface area contributed by atoms with E-state index in [1.165, 1.54) is 5.56 Å². The van der Waals surface area contributed by atoms with Gasteiger partial charge in [-0.15, -0.1) is 0 Å². The molecule has 8 aromatic rings. The van der Waals surface area contributed by atoms with Crippen LogP contribution >= 0.6 is 23.2 Å². The van der Waals surface area contributed by atoms with Gasteiger partial charge in [-0.3, -0.25) is 4.79 Å². The molecule has 8 rings (SSSR count). The number of benzene rings is 4. The van der Waals surface area contributed by atoms with Gasteiger partial charge in [0, 0.05) is 32.6 Å². The first-order valence-corrected chi connectivity index (χ1v) is 18.8. The van der Waals surface area contributed by atoms with Gasteiger partial charge in [-0.2, -0.15) is 0 Å². The summed E-state index contributed by atoms with van der Waals surface area (Å²) in [5, 5.41) is 19.5. The van der Waals surface area contributed by atoms with E-state index in [0.717, 1.165) is 61.4 Å². The average Bonchev–Trinajstić information content (AvgIpc) is 3.83. The van der Waals surface area contributed by atoms with E-state index in [9.17, 15) is 5.11 Å². The second kappa shape index (κ2) is 27.6. The molecule has 0 radical (unpaired) electrons. The Morgan fingerprint density at radius 3 is 1.34 bits per heavy atom. The maximum Gasteiger partial charge on any atom is 1.00 e. The zero-order chi connectivity index (χ0) is 41.0. The fraction of sp³-hybridized carbons (Fsp3) is 0.104. The number of hydrogen-bond donors (Lipinski definition) is 3. The summed E-state index contributed by atoms with van der Waals surface area (Å²) in [5.41, 5.74) is 23.0. The van der Waals surface area contributed by atoms with Gasteiger partial charge in [0.1, 0.15) is 17.4 Å². The van der Waals surface area contributed by atoms with E-state index in [1.807, 2.05) is 84.9 Å². The summed E-state index contributed by atoms with van der Waals surface area (Å²) < 4.78 is 4.41. The molecule has 0 unspecified atom stereocenters. The summed E-state index contributed by atoms with van der Waals surface area (Å²) in [4.78, 5) is 20.2. The topological polar surface area (TPSA) is 157 Å². The van der Waals surface area contributed by atoms with E-state index in [-0.39, 0.29) is 166 Å². The van der Waals surface area contributed by atoms with Crippen LogP contribution in [-0.2, 0) is 22.8 Å². The number of nitrogens with two attached hydrogens (primary N) is 2. The first kappa shape index (κ1) is 55.4. The Bertz CT molecular complexity index is 2450. The van der Waals surface area contributed by atoms with Gasteiger partial charge in [-0.25, -0.2) is 9.97 Å². The number of rotatable bonds is 9. The minimum atomic E-state index is -0.181. The Morgan fingerprint density at radius 2 is 0.968 bits per heavy atom. The molecule has 4 aromatic heterocycles. The number of carbonyl (C=O) groups excluding carboxylic acids is 1. The van der Waals surface area contributed by atoms with Crippen LogP contribution in [0.2, 0.25) is 10.0 Å². The SMILES string of the molecule is C.C.Cc1ccc(-c2ccc(-c3ccccc3Cl)n2Cc2cccc(N)n2)cc1.Nc1cccc(Cn2c(-c3ccc(O)cc3)ccc2-c2ccccc2Cl)n1.O=CO[O-].[Cs+].[Cs+].[H-]. The van der Waals surface area contributed by atoms with Crippen LogP contribution in [0.1, 0.15) is 33.2 Å². The molecule has 0 amide bonds. The van der Waals surface area contributed by atoms with Crippen molar-refractivity contribution in [1.29, 1.82) is 0 Å². The van der Waals surface area contributed by atoms with Gasteiger partial charge in [-0.05, 0) is 103 Å². The minimum absolute atomic E-state index is 0. The number of phenolic OH excluding ortho intramolecular Hbond substituents is 1. The molecule has 0 bridgehead atoms. The van der Waals surface area contributed by atoms with Gasteiger partial charge in [0.15, 0.2) is 0 Å². The number of phenols is 1. The molecule has 0 saturated heterocycles. The zero-order valence-electron chi connectivity index (χ0n) is 34.4. The van der Waals surface area contributed by atoms with Crippen molar-refractivity contribution in [1.82, 2.24) is 19.1 Å². The number of aryl methyl sites for hydroxylation is 1. The first-order valence-electron chi connectivity index (χ1n) is 18.1. The minimum Gasteiger partial charge on any atom is -1.00 e. The zero-order valence-corrected chi connectivity index (χ0v) is 47.4. The fourth-order valence-corrected chi connectivity index (χ4v) is 6.91. The van der Waals surface area contributed by atoms with E-state index in [4.69, 9.17) is 44.7 Å². The van der Waals surface area contributed by atoms with E-state index in [0.29, 0.717) is 29.7 Å². The van der Waals surface area contributed by atoms with Crippen LogP contribution in [0, 0.1) is 6.92 Å². The number of aromatic nitrogens is 4. The molecule has 14 heteroatoms. The quantitative estimate of drug-likeness (QED) is 0.105. The van der Waals surface area contributed by atoms with Crippen LogP contribution in [0.15, 0.2) is 158 Å². The van der Waals surface area contributed by atoms with Crippen molar-refractivity contribution in [2.24, 2.45) is 0 Å². The van der Waals surface area contributed by atoms with Gasteiger partial charge in [0.25, 0.3) is 6.47 Å². The molecule has 0 aliphatic rings. The standard InChI is InChI=1S/C23H20ClN3.C22H18ClN3O.CH2O3.2CH4.2Cs.H/c1-16-9-11-17(12-10-16)21-13-14-22(19-6-2-3-7-20(19)24)27(21)15-18-5-4-8-23(25)26-18;23-19-6-2-1-5-18(19)21-13-12-20(15-8-10-17(27)11-9-15)26(21)14-16-4-3-7-22(24)25-16;2-1-4-3;;;;;/h2-14H,15H2,1H3,(H2,25,26);1-13,27H,14H2,(H2,24,25);1,3H;2*1H4;;;/q;;;;;2*+1;-1/p-1. The molecule has 10 nitrogen and oxygen atoms in total. The molecule has 0 fully saturated rings. The second-order valence-electron chi connectivity index (χ2n) is 13.1. The van der Waals surface area contributed by atoms with Crippen molar-refractivity contribution in [3.8, 4) is 50.8 Å². The summed E-state index contributed by atoms with van der Waals surface area (Å²) in [6.07, 6.45) is 0. The van der Waals surface area contributed by atoms with Gasteiger partial charge < -0.3 is 37.3 Å². The number of anilines is 2. The van der Waals surface area contributed by atoms with Gasteiger partial charge in [0.05, 0.1) is 35.9 Å². The maximum atomic E-state index is 9.61. The summed E-state index contributed by atoms with van der Waals surface area (Å²) in [5.74, 6) is 1.25. The van der Waals surface area contributed by atoms with Crippen molar-refractivity contribution in [2.75, 3.05) is 11.5 Å². The van der Waals surface area contributed by atoms with E-state index in [2.05, 4.69) is 79.4 Å². The van der Waals surface area contributed by atoms with Crippen molar-refractivity contribution in [3.05, 3.63) is 185 Å². The van der Waals surface area contributed by atoms with Gasteiger partial charge >= 0.3 is 138 Å². The third-order valence-corrected chi connectivity index (χ3v) is 9.77. The summed E-state index contributed by atoms with van der Waals surface area (Å²) in [6.45, 7) is 3.07. The Labute approximate surface area is 492 Å². The molecule has 0 atom stereocenters. The number of pyridine rings is 2. The molecule has 0 spiro atoms. The van der Waals surface area contributed by atoms with Gasteiger partial charge in [-0.1, -0.05) is 116 Å². The molecule has 62 heavy (non-hydrogen) atoms. The van der Waals surface area contributed by atoms with Crippen molar-refractivity contribution >= 4 is 41.3 Å². The Morgan fingerprint density at radius 1 is 0.597 bits per heavy atom. The normalized spacial score (nSPS) is 9.81. The van der Waals surface area contributed by atoms with Crippen molar-refractivity contribution in [3.63, 3.8) is 0 Å². The number of hydrogen-bond acceptors (Lipinski definition) is 8. The number of nitrogens with zero attached hydrogens (tertiary/aromatic N) is 4. The summed E-state index contributed by atoms with van der Waals surface area (Å²) in [7, 11) is 0. The number of halogens is 2. The molecular formula is C48H48Cl2Cs2N6O4. The number of nitrogen functional groups attached to an aromatic ring is 2. The molecule has 0 aliphatic heterocycles. The third kappa shape index (κ3) is 14.9. The van der Waals surface area contributed by atoms with Crippen LogP contribution < -0.4 is 155 Å². The van der Waals surface area contributed by atoms with E-state index in [1.54, 1.807) is 24.3 Å². The van der Waals surface area contributed by atoms with Crippen LogP contribution in [0.3, 0.4) is 0 Å². The van der Waals surface area contributed by atoms with Crippen molar-refractivity contribution < 1.29 is 159 Å². The average molecular weight is 1110 g/mol. The molecule has 4 heterocycles. The number of aromatic hydroxyl groups is 1. The third-order valence-electron chi connectivity index (χ3n) is 9.11. The smallest absolute Gasteiger partial charge is 1.00 e. The summed E-state index contributed by atoms with van der Waals surface area (Å²) in [6, 6.07) is 51.1. The van der Waals surface area contributed by atoms with Crippen LogP contribution in [0.25, 0.3) is 45.0 Å². The Kier molecular flexibility index (Phi) is 24.6. The monoisotopic (exact) mass is 1110 g/mol. The van der Waals surface area contributed by atoms with E-state index >= 15 is 0 Å². The first-order chi connectivity index (χ1) is 28.1. The largest absolute Gasteiger partial charge is 1.00 e. The predicted molar refractivity (Wildman–Crippen MR) is 244 cm³/mol. The fourth-order valence-electron chi connectivity index (χ4n) is 6.44. The molecule has 0 aliphatic carbocycles.